The molecule has 0 radical (unpaired) electrons. The molecule has 1 N–H and O–H groups in total. The van der Waals surface area contributed by atoms with E-state index in [1.165, 1.54) is 4.73 Å². The van der Waals surface area contributed by atoms with E-state index < -0.39 is 0 Å². The Morgan fingerprint density at radius 2 is 1.89 bits per heavy atom. The van der Waals surface area contributed by atoms with E-state index in [0.29, 0.717) is 12.5 Å². The van der Waals surface area contributed by atoms with Crippen LogP contribution < -0.4 is 0 Å². The van der Waals surface area contributed by atoms with E-state index >= 15 is 0 Å². The van der Waals surface area contributed by atoms with Crippen LogP contribution >= 0.6 is 0 Å². The minimum Gasteiger partial charge on any atom is -0.427 e. The van der Waals surface area contributed by atoms with Crippen molar-refractivity contribution in [2.24, 2.45) is 9.98 Å². The van der Waals surface area contributed by atoms with Crippen LogP contribution in [0.5, 0.6) is 0 Å². The highest BCUT2D eigenvalue weighted by Crippen LogP contribution is 2.27. The van der Waals surface area contributed by atoms with Gasteiger partial charge in [-0.25, -0.2) is 4.98 Å². The van der Waals surface area contributed by atoms with E-state index in [9.17, 15) is 5.21 Å². The molecule has 0 fully saturated rings. The number of rotatable bonds is 1. The van der Waals surface area contributed by atoms with Gasteiger partial charge in [0, 0.05) is 5.56 Å². The first-order valence-electron chi connectivity index (χ1n) is 6.29. The van der Waals surface area contributed by atoms with E-state index in [1.54, 1.807) is 0 Å². The summed E-state index contributed by atoms with van der Waals surface area (Å²) < 4.78 is 1.20. The third kappa shape index (κ3) is 1.44. The number of nitrogens with zero attached hydrogens (tertiary/aromatic N) is 4. The Hall–Kier alpha value is -2.43. The van der Waals surface area contributed by atoms with Crippen LogP contribution in [0.2, 0.25) is 0 Å². The summed E-state index contributed by atoms with van der Waals surface area (Å²) in [5.74, 6) is 0.571. The normalized spacial score (nSPS) is 16.6. The van der Waals surface area contributed by atoms with E-state index in [-0.39, 0.29) is 0 Å². The Kier molecular flexibility index (Phi) is 2.09. The fourth-order valence-corrected chi connectivity index (χ4v) is 2.64. The topological polar surface area (TPSA) is 62.8 Å². The number of hydrogen-bond donors (Lipinski definition) is 1. The van der Waals surface area contributed by atoms with Crippen molar-refractivity contribution in [3.05, 3.63) is 41.7 Å². The maximum atomic E-state index is 10.3. The second kappa shape index (κ2) is 3.78. The number of fused-ring (bicyclic) bond motifs is 3. The van der Waals surface area contributed by atoms with Gasteiger partial charge in [0.05, 0.1) is 11.4 Å². The molecule has 0 spiro atoms. The summed E-state index contributed by atoms with van der Waals surface area (Å²) in [6, 6.07) is 9.68. The predicted octanol–water partition coefficient (Wildman–Crippen LogP) is 1.93. The van der Waals surface area contributed by atoms with Gasteiger partial charge in [-0.3, -0.25) is 9.98 Å². The van der Waals surface area contributed by atoms with Crippen LogP contribution in [0.25, 0.3) is 11.4 Å². The second-order valence-electron chi connectivity index (χ2n) is 4.66. The highest BCUT2D eigenvalue weighted by Gasteiger charge is 2.30. The molecule has 0 bridgehead atoms. The van der Waals surface area contributed by atoms with Gasteiger partial charge in [-0.05, 0) is 12.8 Å². The molecule has 0 atom stereocenters. The fraction of sp³-hybridized carbons (Fsp3) is 0.214. The van der Waals surface area contributed by atoms with Crippen LogP contribution in [0.3, 0.4) is 0 Å². The van der Waals surface area contributed by atoms with E-state index in [2.05, 4.69) is 15.0 Å². The van der Waals surface area contributed by atoms with Crippen molar-refractivity contribution >= 4 is 11.4 Å². The van der Waals surface area contributed by atoms with Crippen molar-refractivity contribution in [3.63, 3.8) is 0 Å². The zero-order chi connectivity index (χ0) is 12.8. The number of aliphatic imine (C=N–C) groups is 2. The fourth-order valence-electron chi connectivity index (χ4n) is 2.64. The standard InChI is InChI=1S/C14H12N4O/c19-18-11-7-6-10-12(16-8-15-10)13(11)17-14(18)9-4-2-1-3-5-9/h1-5,19H,6-8H2. The SMILES string of the molecule is On1c(-c2ccccc2)nc2c1CCC1=NCN=C12. The maximum Gasteiger partial charge on any atom is 0.176 e. The number of hydrogen-bond acceptors (Lipinski definition) is 4. The Morgan fingerprint density at radius 3 is 2.74 bits per heavy atom. The van der Waals surface area contributed by atoms with E-state index in [4.69, 9.17) is 0 Å². The smallest absolute Gasteiger partial charge is 0.176 e. The number of aromatic nitrogens is 2. The average molecular weight is 252 g/mol. The van der Waals surface area contributed by atoms with Gasteiger partial charge in [0.1, 0.15) is 18.1 Å². The quantitative estimate of drug-likeness (QED) is 0.788. The monoisotopic (exact) mass is 252 g/mol. The highest BCUT2D eigenvalue weighted by molar-refractivity contribution is 6.49. The van der Waals surface area contributed by atoms with Gasteiger partial charge in [-0.1, -0.05) is 30.3 Å². The first-order valence-corrected chi connectivity index (χ1v) is 6.29. The van der Waals surface area contributed by atoms with Crippen LogP contribution in [0, 0.1) is 0 Å². The summed E-state index contributed by atoms with van der Waals surface area (Å²) in [5.41, 5.74) is 4.38. The third-order valence-electron chi connectivity index (χ3n) is 3.57. The van der Waals surface area contributed by atoms with Crippen molar-refractivity contribution in [2.45, 2.75) is 12.8 Å². The molecule has 2 aromatic rings. The Morgan fingerprint density at radius 1 is 1.05 bits per heavy atom. The van der Waals surface area contributed by atoms with Gasteiger partial charge in [0.15, 0.2) is 5.82 Å². The Labute approximate surface area is 109 Å². The van der Waals surface area contributed by atoms with Gasteiger partial charge in [-0.2, -0.15) is 4.73 Å². The Balaban J connectivity index is 1.91. The summed E-state index contributed by atoms with van der Waals surface area (Å²) in [6.45, 7) is 0.489. The van der Waals surface area contributed by atoms with Crippen LogP contribution in [-0.4, -0.2) is 33.0 Å². The summed E-state index contributed by atoms with van der Waals surface area (Å²) >= 11 is 0. The minimum absolute atomic E-state index is 0.489. The molecule has 1 aliphatic carbocycles. The first kappa shape index (κ1) is 10.5. The third-order valence-corrected chi connectivity index (χ3v) is 3.57. The number of benzene rings is 1. The zero-order valence-corrected chi connectivity index (χ0v) is 10.2. The Bertz CT molecular complexity index is 713. The summed E-state index contributed by atoms with van der Waals surface area (Å²) in [7, 11) is 0. The first-order chi connectivity index (χ1) is 9.34. The number of imidazole rings is 1. The molecule has 0 amide bonds. The van der Waals surface area contributed by atoms with Gasteiger partial charge >= 0.3 is 0 Å². The van der Waals surface area contributed by atoms with Crippen LogP contribution in [-0.2, 0) is 6.42 Å². The lowest BCUT2D eigenvalue weighted by molar-refractivity contribution is 0.181. The molecular formula is C14H12N4O. The molecule has 4 rings (SSSR count). The molecule has 2 heterocycles. The van der Waals surface area contributed by atoms with Gasteiger partial charge in [-0.15, -0.1) is 0 Å². The maximum absolute atomic E-state index is 10.3. The van der Waals surface area contributed by atoms with Gasteiger partial charge in [0.25, 0.3) is 0 Å². The molecular weight excluding hydrogens is 240 g/mol. The van der Waals surface area contributed by atoms with Crippen molar-refractivity contribution in [2.75, 3.05) is 6.67 Å². The zero-order valence-electron chi connectivity index (χ0n) is 10.2. The molecule has 1 aromatic carbocycles. The molecule has 0 unspecified atom stereocenters. The summed E-state index contributed by atoms with van der Waals surface area (Å²) in [4.78, 5) is 13.3. The lowest BCUT2D eigenvalue weighted by Crippen LogP contribution is -2.22. The molecule has 1 aliphatic heterocycles. The summed E-state index contributed by atoms with van der Waals surface area (Å²) in [5, 5.41) is 10.3. The average Bonchev–Trinajstić information content (AvgIpc) is 3.04. The predicted molar refractivity (Wildman–Crippen MR) is 72.0 cm³/mol. The largest absolute Gasteiger partial charge is 0.427 e. The molecule has 5 heteroatoms. The lowest BCUT2D eigenvalue weighted by Gasteiger charge is -2.12. The molecule has 5 nitrogen and oxygen atoms in total. The van der Waals surface area contributed by atoms with Crippen molar-refractivity contribution < 1.29 is 5.21 Å². The van der Waals surface area contributed by atoms with E-state index in [0.717, 1.165) is 41.2 Å². The molecule has 0 saturated heterocycles. The highest BCUT2D eigenvalue weighted by atomic mass is 16.5. The molecule has 94 valence electrons. The lowest BCUT2D eigenvalue weighted by atomic mass is 9.97. The van der Waals surface area contributed by atoms with Crippen molar-refractivity contribution in [1.82, 2.24) is 9.71 Å². The molecule has 1 aromatic heterocycles. The molecule has 2 aliphatic rings. The van der Waals surface area contributed by atoms with E-state index in [1.807, 2.05) is 30.3 Å². The van der Waals surface area contributed by atoms with Crippen molar-refractivity contribution in [1.29, 1.82) is 0 Å². The van der Waals surface area contributed by atoms with Gasteiger partial charge in [0.2, 0.25) is 0 Å². The van der Waals surface area contributed by atoms with Crippen LogP contribution in [0.15, 0.2) is 40.3 Å². The van der Waals surface area contributed by atoms with Crippen LogP contribution in [0.4, 0.5) is 0 Å². The summed E-state index contributed by atoms with van der Waals surface area (Å²) in [6.07, 6.45) is 1.58. The van der Waals surface area contributed by atoms with Gasteiger partial charge < -0.3 is 5.21 Å². The van der Waals surface area contributed by atoms with Crippen LogP contribution in [0.1, 0.15) is 17.8 Å². The molecule has 19 heavy (non-hydrogen) atoms. The minimum atomic E-state index is 0.489. The second-order valence-corrected chi connectivity index (χ2v) is 4.66. The molecule has 0 saturated carbocycles. The van der Waals surface area contributed by atoms with Crippen molar-refractivity contribution in [3.8, 4) is 11.4 Å².